The first-order chi connectivity index (χ1) is 9.36. The Morgan fingerprint density at radius 1 is 1.16 bits per heavy atom. The Morgan fingerprint density at radius 2 is 1.95 bits per heavy atom. The van der Waals surface area contributed by atoms with Crippen LogP contribution in [0.1, 0.15) is 17.2 Å². The van der Waals surface area contributed by atoms with E-state index >= 15 is 0 Å². The number of phenolic OH excluding ortho intramolecular Hbond substituents is 1. The fourth-order valence-electron chi connectivity index (χ4n) is 2.57. The second-order valence-corrected chi connectivity index (χ2v) is 5.45. The molecule has 3 nitrogen and oxygen atoms in total. The number of rotatable bonds is 3. The Hall–Kier alpha value is -1.36. The van der Waals surface area contributed by atoms with Gasteiger partial charge in [-0.1, -0.05) is 18.2 Å². The summed E-state index contributed by atoms with van der Waals surface area (Å²) in [5.41, 5.74) is 2.22. The number of para-hydroxylation sites is 1. The lowest BCUT2D eigenvalue weighted by atomic mass is 9.98. The minimum absolute atomic E-state index is 0.122. The molecule has 1 unspecified atom stereocenters. The number of hydrogen-bond acceptors (Lipinski definition) is 4. The number of thiophene rings is 1. The first-order valence-corrected chi connectivity index (χ1v) is 7.42. The van der Waals surface area contributed by atoms with Gasteiger partial charge in [0.25, 0.3) is 0 Å². The molecule has 1 aliphatic rings. The van der Waals surface area contributed by atoms with Crippen molar-refractivity contribution in [3.63, 3.8) is 0 Å². The Balaban J connectivity index is 1.99. The zero-order valence-electron chi connectivity index (χ0n) is 10.7. The van der Waals surface area contributed by atoms with E-state index in [2.05, 4.69) is 21.7 Å². The van der Waals surface area contributed by atoms with Crippen LogP contribution >= 0.6 is 11.3 Å². The van der Waals surface area contributed by atoms with E-state index in [1.54, 1.807) is 17.4 Å². The summed E-state index contributed by atoms with van der Waals surface area (Å²) in [4.78, 5) is 2.38. The van der Waals surface area contributed by atoms with Crippen LogP contribution in [-0.2, 0) is 4.74 Å². The van der Waals surface area contributed by atoms with Crippen molar-refractivity contribution < 1.29 is 9.84 Å². The lowest BCUT2D eigenvalue weighted by Crippen LogP contribution is -2.39. The zero-order chi connectivity index (χ0) is 13.1. The van der Waals surface area contributed by atoms with Crippen LogP contribution in [0, 0.1) is 0 Å². The maximum absolute atomic E-state index is 10.2. The molecule has 0 radical (unpaired) electrons. The van der Waals surface area contributed by atoms with Gasteiger partial charge in [-0.2, -0.15) is 11.3 Å². The van der Waals surface area contributed by atoms with Crippen LogP contribution in [0.25, 0.3) is 0 Å². The third kappa shape index (κ3) is 2.66. The largest absolute Gasteiger partial charge is 0.508 e. The molecule has 19 heavy (non-hydrogen) atoms. The number of hydrogen-bond donors (Lipinski definition) is 1. The Kier molecular flexibility index (Phi) is 3.82. The standard InChI is InChI=1S/C15H17NO2S/c17-14-4-2-1-3-13(14)15(12-5-10-19-11-12)16-6-8-18-9-7-16/h1-5,10-11,15,17H,6-9H2. The summed E-state index contributed by atoms with van der Waals surface area (Å²) in [6, 6.07) is 9.87. The highest BCUT2D eigenvalue weighted by Gasteiger charge is 2.26. The number of benzene rings is 1. The van der Waals surface area contributed by atoms with E-state index in [4.69, 9.17) is 4.74 Å². The monoisotopic (exact) mass is 275 g/mol. The fraction of sp³-hybridized carbons (Fsp3) is 0.333. The van der Waals surface area contributed by atoms with Crippen LogP contribution < -0.4 is 0 Å². The van der Waals surface area contributed by atoms with Crippen molar-refractivity contribution in [1.29, 1.82) is 0 Å². The van der Waals surface area contributed by atoms with Gasteiger partial charge in [-0.05, 0) is 28.5 Å². The average Bonchev–Trinajstić information content (AvgIpc) is 2.96. The van der Waals surface area contributed by atoms with Gasteiger partial charge in [0.05, 0.1) is 19.3 Å². The smallest absolute Gasteiger partial charge is 0.120 e. The van der Waals surface area contributed by atoms with E-state index < -0.39 is 0 Å². The average molecular weight is 275 g/mol. The molecule has 0 bridgehead atoms. The van der Waals surface area contributed by atoms with E-state index in [1.807, 2.05) is 18.2 Å². The molecule has 1 saturated heterocycles. The summed E-state index contributed by atoms with van der Waals surface area (Å²) < 4.78 is 5.43. The first kappa shape index (κ1) is 12.7. The number of ether oxygens (including phenoxy) is 1. The van der Waals surface area contributed by atoms with Crippen molar-refractivity contribution in [3.05, 3.63) is 52.2 Å². The molecule has 0 aliphatic carbocycles. The Labute approximate surface area is 117 Å². The fourth-order valence-corrected chi connectivity index (χ4v) is 3.25. The van der Waals surface area contributed by atoms with Crippen molar-refractivity contribution in [3.8, 4) is 5.75 Å². The summed E-state index contributed by atoms with van der Waals surface area (Å²) >= 11 is 1.69. The number of aromatic hydroxyl groups is 1. The second kappa shape index (κ2) is 5.74. The summed E-state index contributed by atoms with van der Waals surface area (Å²) in [5, 5.41) is 14.4. The van der Waals surface area contributed by atoms with Gasteiger partial charge in [-0.25, -0.2) is 0 Å². The van der Waals surface area contributed by atoms with Crippen LogP contribution in [-0.4, -0.2) is 36.3 Å². The molecule has 0 saturated carbocycles. The molecule has 3 rings (SSSR count). The topological polar surface area (TPSA) is 32.7 Å². The highest BCUT2D eigenvalue weighted by Crippen LogP contribution is 2.35. The number of nitrogens with zero attached hydrogens (tertiary/aromatic N) is 1. The molecular formula is C15H17NO2S. The molecule has 1 atom stereocenters. The molecule has 0 spiro atoms. The van der Waals surface area contributed by atoms with Gasteiger partial charge in [-0.15, -0.1) is 0 Å². The Morgan fingerprint density at radius 3 is 2.63 bits per heavy atom. The normalized spacial score (nSPS) is 18.3. The molecular weight excluding hydrogens is 258 g/mol. The Bertz CT molecular complexity index is 521. The van der Waals surface area contributed by atoms with Crippen LogP contribution in [0.4, 0.5) is 0 Å². The molecule has 1 aliphatic heterocycles. The molecule has 2 heterocycles. The highest BCUT2D eigenvalue weighted by atomic mass is 32.1. The SMILES string of the molecule is Oc1ccccc1C(c1ccsc1)N1CCOCC1. The predicted molar refractivity (Wildman–Crippen MR) is 76.7 cm³/mol. The molecule has 1 N–H and O–H groups in total. The third-order valence-electron chi connectivity index (χ3n) is 3.50. The van der Waals surface area contributed by atoms with E-state index in [0.29, 0.717) is 5.75 Å². The zero-order valence-corrected chi connectivity index (χ0v) is 11.5. The molecule has 1 aromatic heterocycles. The molecule has 100 valence electrons. The van der Waals surface area contributed by atoms with Crippen LogP contribution in [0.2, 0.25) is 0 Å². The van der Waals surface area contributed by atoms with Crippen molar-refractivity contribution in [2.45, 2.75) is 6.04 Å². The van der Waals surface area contributed by atoms with E-state index in [9.17, 15) is 5.11 Å². The number of morpholine rings is 1. The predicted octanol–water partition coefficient (Wildman–Crippen LogP) is 2.88. The van der Waals surface area contributed by atoms with Gasteiger partial charge in [0.1, 0.15) is 5.75 Å². The molecule has 4 heteroatoms. The van der Waals surface area contributed by atoms with Crippen molar-refractivity contribution in [2.75, 3.05) is 26.3 Å². The van der Waals surface area contributed by atoms with Gasteiger partial charge in [0.2, 0.25) is 0 Å². The summed E-state index contributed by atoms with van der Waals surface area (Å²) in [6.45, 7) is 3.31. The van der Waals surface area contributed by atoms with Gasteiger partial charge < -0.3 is 9.84 Å². The van der Waals surface area contributed by atoms with Gasteiger partial charge in [0.15, 0.2) is 0 Å². The van der Waals surface area contributed by atoms with Gasteiger partial charge in [-0.3, -0.25) is 4.90 Å². The second-order valence-electron chi connectivity index (χ2n) is 4.67. The minimum Gasteiger partial charge on any atom is -0.508 e. The van der Waals surface area contributed by atoms with Crippen molar-refractivity contribution in [2.24, 2.45) is 0 Å². The summed E-state index contributed by atoms with van der Waals surface area (Å²) in [5.74, 6) is 0.366. The molecule has 2 aromatic rings. The van der Waals surface area contributed by atoms with E-state index in [-0.39, 0.29) is 6.04 Å². The lowest BCUT2D eigenvalue weighted by Gasteiger charge is -2.34. The van der Waals surface area contributed by atoms with Crippen LogP contribution in [0.15, 0.2) is 41.1 Å². The maximum atomic E-state index is 10.2. The number of phenols is 1. The van der Waals surface area contributed by atoms with Crippen molar-refractivity contribution >= 4 is 11.3 Å². The first-order valence-electron chi connectivity index (χ1n) is 6.48. The summed E-state index contributed by atoms with van der Waals surface area (Å²) in [7, 11) is 0. The quantitative estimate of drug-likeness (QED) is 0.935. The third-order valence-corrected chi connectivity index (χ3v) is 4.20. The molecule has 1 fully saturated rings. The van der Waals surface area contributed by atoms with Gasteiger partial charge >= 0.3 is 0 Å². The molecule has 1 aromatic carbocycles. The molecule has 0 amide bonds. The van der Waals surface area contributed by atoms with E-state index in [0.717, 1.165) is 31.9 Å². The van der Waals surface area contributed by atoms with Gasteiger partial charge in [0, 0.05) is 18.7 Å². The van der Waals surface area contributed by atoms with Crippen LogP contribution in [0.5, 0.6) is 5.75 Å². The van der Waals surface area contributed by atoms with Crippen molar-refractivity contribution in [1.82, 2.24) is 4.90 Å². The maximum Gasteiger partial charge on any atom is 0.120 e. The lowest BCUT2D eigenvalue weighted by molar-refractivity contribution is 0.0236. The minimum atomic E-state index is 0.122. The van der Waals surface area contributed by atoms with Crippen LogP contribution in [0.3, 0.4) is 0 Å². The highest BCUT2D eigenvalue weighted by molar-refractivity contribution is 7.08. The van der Waals surface area contributed by atoms with E-state index in [1.165, 1.54) is 5.56 Å². The summed E-state index contributed by atoms with van der Waals surface area (Å²) in [6.07, 6.45) is 0.